The zero-order chi connectivity index (χ0) is 14.1. The summed E-state index contributed by atoms with van der Waals surface area (Å²) in [6, 6.07) is 5.58. The largest absolute Gasteiger partial charge is 0.383 e. The van der Waals surface area contributed by atoms with Crippen molar-refractivity contribution in [3.05, 3.63) is 23.8 Å². The first kappa shape index (κ1) is 13.4. The van der Waals surface area contributed by atoms with Crippen LogP contribution in [0.1, 0.15) is 18.4 Å². The Bertz CT molecular complexity index is 518. The molecule has 1 radical (unpaired) electrons. The average Bonchev–Trinajstić information content (AvgIpc) is 2.87. The van der Waals surface area contributed by atoms with Crippen molar-refractivity contribution in [1.29, 1.82) is 0 Å². The minimum absolute atomic E-state index is 0.0678. The molecule has 0 spiro atoms. The van der Waals surface area contributed by atoms with Crippen molar-refractivity contribution in [2.45, 2.75) is 31.3 Å². The number of methoxy groups -OCH3 is 1. The van der Waals surface area contributed by atoms with Gasteiger partial charge in [-0.25, -0.2) is 0 Å². The van der Waals surface area contributed by atoms with Crippen molar-refractivity contribution in [3.63, 3.8) is 0 Å². The Kier molecular flexibility index (Phi) is 3.63. The first-order valence-corrected chi connectivity index (χ1v) is 7.09. The summed E-state index contributed by atoms with van der Waals surface area (Å²) in [5, 5.41) is 2.97. The third-order valence-electron chi connectivity index (χ3n) is 4.26. The molecular weight excluding hydrogens is 254 g/mol. The van der Waals surface area contributed by atoms with Gasteiger partial charge in [-0.05, 0) is 49.6 Å². The van der Waals surface area contributed by atoms with E-state index in [9.17, 15) is 4.79 Å². The van der Waals surface area contributed by atoms with E-state index in [-0.39, 0.29) is 11.9 Å². The van der Waals surface area contributed by atoms with Gasteiger partial charge in [0.05, 0.1) is 18.3 Å². The van der Waals surface area contributed by atoms with Gasteiger partial charge in [0.15, 0.2) is 0 Å². The van der Waals surface area contributed by atoms with E-state index in [0.29, 0.717) is 24.8 Å². The highest BCUT2D eigenvalue weighted by molar-refractivity contribution is 5.98. The summed E-state index contributed by atoms with van der Waals surface area (Å²) >= 11 is 0. The third-order valence-corrected chi connectivity index (χ3v) is 4.26. The molecular formula is C15H20N3O2. The van der Waals surface area contributed by atoms with Gasteiger partial charge in [-0.15, -0.1) is 0 Å². The number of likely N-dealkylation sites (tertiary alicyclic amines) is 1. The molecule has 2 aliphatic heterocycles. The molecule has 0 aromatic heterocycles. The number of hydrogen-bond acceptors (Lipinski definition) is 3. The number of ether oxygens (including phenoxy) is 1. The first-order valence-electron chi connectivity index (χ1n) is 7.09. The summed E-state index contributed by atoms with van der Waals surface area (Å²) < 4.78 is 5.27. The average molecular weight is 274 g/mol. The molecule has 1 fully saturated rings. The standard InChI is InChI=1S/C15H20N3O2/c1-20-9-12-3-2-6-18(12)14-8-10-7-11(16)4-5-13(10)17-15(14)19/h4-5,7,12,14,16H,2-3,6,8-9H2,1H3,(H,17,19)/t12-,14?/m0/s1. The lowest BCUT2D eigenvalue weighted by molar-refractivity contribution is -0.122. The van der Waals surface area contributed by atoms with Crippen LogP contribution in [0.2, 0.25) is 0 Å². The van der Waals surface area contributed by atoms with Gasteiger partial charge >= 0.3 is 0 Å². The maximum absolute atomic E-state index is 12.3. The van der Waals surface area contributed by atoms with E-state index < -0.39 is 0 Å². The predicted octanol–water partition coefficient (Wildman–Crippen LogP) is 1.57. The Morgan fingerprint density at radius 3 is 3.15 bits per heavy atom. The SMILES string of the molecule is COC[C@@H]1CCCN1C1Cc2cc([NH])ccc2NC1=O. The molecule has 1 aromatic rings. The van der Waals surface area contributed by atoms with Crippen LogP contribution < -0.4 is 11.1 Å². The van der Waals surface area contributed by atoms with Crippen LogP contribution >= 0.6 is 0 Å². The Morgan fingerprint density at radius 1 is 1.50 bits per heavy atom. The molecule has 1 amide bonds. The second kappa shape index (κ2) is 5.42. The minimum Gasteiger partial charge on any atom is -0.383 e. The van der Waals surface area contributed by atoms with Gasteiger partial charge in [-0.3, -0.25) is 9.69 Å². The van der Waals surface area contributed by atoms with Gasteiger partial charge in [-0.2, -0.15) is 0 Å². The van der Waals surface area contributed by atoms with Crippen molar-refractivity contribution >= 4 is 17.3 Å². The Hall–Kier alpha value is -1.59. The summed E-state index contributed by atoms with van der Waals surface area (Å²) in [6.45, 7) is 1.62. The molecule has 1 aromatic carbocycles. The lowest BCUT2D eigenvalue weighted by Crippen LogP contribution is -2.50. The molecule has 2 aliphatic rings. The number of carbonyl (C=O) groups excluding carboxylic acids is 1. The Morgan fingerprint density at radius 2 is 2.35 bits per heavy atom. The Labute approximate surface area is 119 Å². The van der Waals surface area contributed by atoms with E-state index >= 15 is 0 Å². The maximum atomic E-state index is 12.3. The van der Waals surface area contributed by atoms with Crippen LogP contribution in [-0.4, -0.2) is 43.2 Å². The zero-order valence-corrected chi connectivity index (χ0v) is 11.7. The number of hydrogen-bond donors (Lipinski definition) is 1. The highest BCUT2D eigenvalue weighted by Gasteiger charge is 2.37. The van der Waals surface area contributed by atoms with Crippen molar-refractivity contribution < 1.29 is 9.53 Å². The van der Waals surface area contributed by atoms with Crippen LogP contribution in [0, 0.1) is 0 Å². The summed E-state index contributed by atoms with van der Waals surface area (Å²) in [5.41, 5.74) is 10.1. The molecule has 107 valence electrons. The van der Waals surface area contributed by atoms with Crippen LogP contribution in [0.15, 0.2) is 18.2 Å². The van der Waals surface area contributed by atoms with Crippen molar-refractivity contribution in [1.82, 2.24) is 10.6 Å². The van der Waals surface area contributed by atoms with Gasteiger partial charge in [0.2, 0.25) is 5.91 Å². The van der Waals surface area contributed by atoms with Crippen LogP contribution in [-0.2, 0) is 16.0 Å². The third kappa shape index (κ3) is 2.39. The molecule has 5 heteroatoms. The monoisotopic (exact) mass is 274 g/mol. The number of benzene rings is 1. The summed E-state index contributed by atoms with van der Waals surface area (Å²) in [4.78, 5) is 14.6. The summed E-state index contributed by atoms with van der Waals surface area (Å²) in [5.74, 6) is 0.0678. The van der Waals surface area contributed by atoms with E-state index in [1.807, 2.05) is 12.1 Å². The maximum Gasteiger partial charge on any atom is 0.242 e. The van der Waals surface area contributed by atoms with Crippen LogP contribution in [0.25, 0.3) is 0 Å². The minimum atomic E-state index is -0.132. The van der Waals surface area contributed by atoms with E-state index in [2.05, 4.69) is 10.2 Å². The summed E-state index contributed by atoms with van der Waals surface area (Å²) in [7, 11) is 1.71. The summed E-state index contributed by atoms with van der Waals surface area (Å²) in [6.07, 6.45) is 2.89. The highest BCUT2D eigenvalue weighted by Crippen LogP contribution is 2.30. The predicted molar refractivity (Wildman–Crippen MR) is 76.9 cm³/mol. The smallest absolute Gasteiger partial charge is 0.242 e. The second-order valence-corrected chi connectivity index (χ2v) is 5.57. The number of carbonyl (C=O) groups is 1. The van der Waals surface area contributed by atoms with E-state index in [4.69, 9.17) is 10.5 Å². The normalized spacial score (nSPS) is 26.4. The number of anilines is 1. The van der Waals surface area contributed by atoms with Crippen molar-refractivity contribution in [3.8, 4) is 0 Å². The quantitative estimate of drug-likeness (QED) is 0.910. The van der Waals surface area contributed by atoms with E-state index in [0.717, 1.165) is 30.6 Å². The zero-order valence-electron chi connectivity index (χ0n) is 11.7. The van der Waals surface area contributed by atoms with Gasteiger partial charge in [-0.1, -0.05) is 0 Å². The van der Waals surface area contributed by atoms with Crippen LogP contribution in [0.4, 0.5) is 11.4 Å². The van der Waals surface area contributed by atoms with Gasteiger partial charge < -0.3 is 15.8 Å². The molecule has 1 unspecified atom stereocenters. The fourth-order valence-corrected chi connectivity index (χ4v) is 3.31. The number of rotatable bonds is 3. The fraction of sp³-hybridized carbons (Fsp3) is 0.533. The molecule has 2 N–H and O–H groups in total. The van der Waals surface area contributed by atoms with Crippen LogP contribution in [0.3, 0.4) is 0 Å². The molecule has 2 atom stereocenters. The van der Waals surface area contributed by atoms with Gasteiger partial charge in [0.1, 0.15) is 0 Å². The van der Waals surface area contributed by atoms with Crippen molar-refractivity contribution in [2.24, 2.45) is 0 Å². The number of amides is 1. The number of nitrogens with zero attached hydrogens (tertiary/aromatic N) is 1. The number of fused-ring (bicyclic) bond motifs is 1. The highest BCUT2D eigenvalue weighted by atomic mass is 16.5. The molecule has 0 aliphatic carbocycles. The van der Waals surface area contributed by atoms with E-state index in [1.165, 1.54) is 0 Å². The molecule has 20 heavy (non-hydrogen) atoms. The molecule has 0 bridgehead atoms. The first-order chi connectivity index (χ1) is 9.69. The Balaban J connectivity index is 1.82. The molecule has 5 nitrogen and oxygen atoms in total. The van der Waals surface area contributed by atoms with Gasteiger partial charge in [0.25, 0.3) is 0 Å². The van der Waals surface area contributed by atoms with Crippen LogP contribution in [0.5, 0.6) is 0 Å². The topological polar surface area (TPSA) is 65.4 Å². The second-order valence-electron chi connectivity index (χ2n) is 5.57. The number of nitrogens with one attached hydrogen (secondary N) is 2. The lowest BCUT2D eigenvalue weighted by atomic mass is 9.96. The molecule has 3 rings (SSSR count). The fourth-order valence-electron chi connectivity index (χ4n) is 3.31. The van der Waals surface area contributed by atoms with Gasteiger partial charge in [0, 0.05) is 18.8 Å². The molecule has 2 heterocycles. The lowest BCUT2D eigenvalue weighted by Gasteiger charge is -2.35. The molecule has 0 saturated carbocycles. The van der Waals surface area contributed by atoms with E-state index in [1.54, 1.807) is 13.2 Å². The van der Waals surface area contributed by atoms with Crippen molar-refractivity contribution in [2.75, 3.05) is 25.6 Å². The molecule has 1 saturated heterocycles.